The maximum atomic E-state index is 12.5. The van der Waals surface area contributed by atoms with E-state index in [1.807, 2.05) is 18.2 Å². The van der Waals surface area contributed by atoms with E-state index >= 15 is 0 Å². The molecule has 2 aromatic rings. The van der Waals surface area contributed by atoms with Crippen LogP contribution >= 0.6 is 0 Å². The van der Waals surface area contributed by atoms with Gasteiger partial charge < -0.3 is 4.74 Å². The molecule has 0 amide bonds. The van der Waals surface area contributed by atoms with Gasteiger partial charge in [0.2, 0.25) is 0 Å². The second kappa shape index (κ2) is 6.75. The van der Waals surface area contributed by atoms with Crippen LogP contribution in [0.3, 0.4) is 0 Å². The first-order valence-electron chi connectivity index (χ1n) is 7.77. The summed E-state index contributed by atoms with van der Waals surface area (Å²) < 4.78 is 5.06. The first-order chi connectivity index (χ1) is 11.2. The van der Waals surface area contributed by atoms with Crippen molar-refractivity contribution in [2.24, 2.45) is 0 Å². The zero-order valence-electron chi connectivity index (χ0n) is 13.1. The number of ether oxygens (including phenoxy) is 1. The van der Waals surface area contributed by atoms with Crippen LogP contribution in [0.4, 0.5) is 0 Å². The summed E-state index contributed by atoms with van der Waals surface area (Å²) >= 11 is 0. The molecule has 1 heterocycles. The van der Waals surface area contributed by atoms with Crippen molar-refractivity contribution >= 4 is 11.9 Å². The maximum Gasteiger partial charge on any atom is 0.346 e. The third-order valence-corrected chi connectivity index (χ3v) is 4.26. The molecule has 118 valence electrons. The third kappa shape index (κ3) is 3.32. The second-order valence-electron chi connectivity index (χ2n) is 5.77. The first kappa shape index (κ1) is 15.4. The zero-order chi connectivity index (χ0) is 16.2. The summed E-state index contributed by atoms with van der Waals surface area (Å²) in [5, 5.41) is 0. The van der Waals surface area contributed by atoms with Gasteiger partial charge in [0.1, 0.15) is 0 Å². The van der Waals surface area contributed by atoms with E-state index in [9.17, 15) is 9.59 Å². The molecule has 0 radical (unpaired) electrons. The summed E-state index contributed by atoms with van der Waals surface area (Å²) in [4.78, 5) is 26.8. The van der Waals surface area contributed by atoms with Crippen molar-refractivity contribution in [3.63, 3.8) is 0 Å². The standard InChI is InChI=1S/C19H19NO3/c1-20-13-7-12-17(20)15-10-5-6-11-16(15)19(22)23-18(21)14-8-3-2-4-9-14/h2-6,8-11,17H,7,12-13H2,1H3. The predicted molar refractivity (Wildman–Crippen MR) is 87.2 cm³/mol. The maximum absolute atomic E-state index is 12.5. The largest absolute Gasteiger partial charge is 0.386 e. The molecule has 1 saturated heterocycles. The van der Waals surface area contributed by atoms with Crippen LogP contribution in [0, 0.1) is 0 Å². The van der Waals surface area contributed by atoms with Gasteiger partial charge >= 0.3 is 11.9 Å². The number of esters is 2. The van der Waals surface area contributed by atoms with Crippen LogP contribution in [0.2, 0.25) is 0 Å². The Labute approximate surface area is 135 Å². The summed E-state index contributed by atoms with van der Waals surface area (Å²) in [5.41, 5.74) is 1.77. The average molecular weight is 309 g/mol. The van der Waals surface area contributed by atoms with E-state index in [4.69, 9.17) is 4.74 Å². The predicted octanol–water partition coefficient (Wildman–Crippen LogP) is 3.45. The Morgan fingerprint density at radius 3 is 2.39 bits per heavy atom. The van der Waals surface area contributed by atoms with E-state index in [-0.39, 0.29) is 6.04 Å². The topological polar surface area (TPSA) is 46.6 Å². The lowest BCUT2D eigenvalue weighted by Crippen LogP contribution is -2.21. The fourth-order valence-electron chi connectivity index (χ4n) is 3.05. The summed E-state index contributed by atoms with van der Waals surface area (Å²) in [6.07, 6.45) is 2.11. The van der Waals surface area contributed by atoms with Gasteiger partial charge in [0.15, 0.2) is 0 Å². The molecule has 0 N–H and O–H groups in total. The molecule has 4 nitrogen and oxygen atoms in total. The molecule has 0 saturated carbocycles. The van der Waals surface area contributed by atoms with Gasteiger partial charge in [-0.05, 0) is 50.2 Å². The Morgan fingerprint density at radius 1 is 1.00 bits per heavy atom. The van der Waals surface area contributed by atoms with Crippen molar-refractivity contribution < 1.29 is 14.3 Å². The molecule has 2 aromatic carbocycles. The molecule has 0 aliphatic carbocycles. The van der Waals surface area contributed by atoms with Gasteiger partial charge in [-0.1, -0.05) is 36.4 Å². The molecule has 3 rings (SSSR count). The fraction of sp³-hybridized carbons (Fsp3) is 0.263. The van der Waals surface area contributed by atoms with Crippen molar-refractivity contribution in [2.75, 3.05) is 13.6 Å². The van der Waals surface area contributed by atoms with Crippen molar-refractivity contribution in [3.05, 3.63) is 71.3 Å². The van der Waals surface area contributed by atoms with Crippen LogP contribution < -0.4 is 0 Å². The molecular formula is C19H19NO3. The lowest BCUT2D eigenvalue weighted by molar-refractivity contribution is 0.0396. The van der Waals surface area contributed by atoms with Gasteiger partial charge in [-0.15, -0.1) is 0 Å². The van der Waals surface area contributed by atoms with Gasteiger partial charge in [0.05, 0.1) is 11.1 Å². The normalized spacial score (nSPS) is 17.9. The highest BCUT2D eigenvalue weighted by molar-refractivity contribution is 6.03. The Morgan fingerprint density at radius 2 is 1.70 bits per heavy atom. The van der Waals surface area contributed by atoms with Gasteiger partial charge in [0.25, 0.3) is 0 Å². The highest BCUT2D eigenvalue weighted by Gasteiger charge is 2.27. The van der Waals surface area contributed by atoms with E-state index in [2.05, 4.69) is 11.9 Å². The first-order valence-corrected chi connectivity index (χ1v) is 7.77. The van der Waals surface area contributed by atoms with Crippen LogP contribution in [0.15, 0.2) is 54.6 Å². The van der Waals surface area contributed by atoms with Gasteiger partial charge in [-0.3, -0.25) is 4.90 Å². The molecule has 0 aromatic heterocycles. The number of benzene rings is 2. The number of rotatable bonds is 3. The van der Waals surface area contributed by atoms with Crippen LogP contribution in [0.25, 0.3) is 0 Å². The summed E-state index contributed by atoms with van der Waals surface area (Å²) in [7, 11) is 2.05. The van der Waals surface area contributed by atoms with Crippen molar-refractivity contribution in [2.45, 2.75) is 18.9 Å². The minimum Gasteiger partial charge on any atom is -0.386 e. The Bertz CT molecular complexity index is 712. The zero-order valence-corrected chi connectivity index (χ0v) is 13.1. The van der Waals surface area contributed by atoms with Gasteiger partial charge in [0, 0.05) is 6.04 Å². The van der Waals surface area contributed by atoms with E-state index in [0.29, 0.717) is 11.1 Å². The monoisotopic (exact) mass is 309 g/mol. The minimum atomic E-state index is -0.620. The summed E-state index contributed by atoms with van der Waals surface area (Å²) in [6.45, 7) is 1.01. The smallest absolute Gasteiger partial charge is 0.346 e. The Kier molecular flexibility index (Phi) is 4.53. The van der Waals surface area contributed by atoms with Crippen molar-refractivity contribution in [1.82, 2.24) is 4.90 Å². The number of carbonyl (C=O) groups excluding carboxylic acids is 2. The molecule has 1 aliphatic rings. The Balaban J connectivity index is 1.81. The third-order valence-electron chi connectivity index (χ3n) is 4.26. The number of likely N-dealkylation sites (tertiary alicyclic amines) is 1. The van der Waals surface area contributed by atoms with Gasteiger partial charge in [-0.25, -0.2) is 9.59 Å². The highest BCUT2D eigenvalue weighted by Crippen LogP contribution is 2.32. The van der Waals surface area contributed by atoms with E-state index in [1.54, 1.807) is 36.4 Å². The highest BCUT2D eigenvalue weighted by atomic mass is 16.6. The molecule has 1 fully saturated rings. The molecule has 0 bridgehead atoms. The number of hydrogen-bond donors (Lipinski definition) is 0. The average Bonchev–Trinajstić information content (AvgIpc) is 3.01. The minimum absolute atomic E-state index is 0.200. The van der Waals surface area contributed by atoms with E-state index < -0.39 is 11.9 Å². The number of nitrogens with zero attached hydrogens (tertiary/aromatic N) is 1. The van der Waals surface area contributed by atoms with Crippen LogP contribution in [0.1, 0.15) is 45.2 Å². The molecule has 1 aliphatic heterocycles. The quantitative estimate of drug-likeness (QED) is 0.643. The summed E-state index contributed by atoms with van der Waals surface area (Å²) in [6, 6.07) is 16.1. The molecule has 4 heteroatoms. The van der Waals surface area contributed by atoms with E-state index in [1.165, 1.54) is 0 Å². The van der Waals surface area contributed by atoms with Gasteiger partial charge in [-0.2, -0.15) is 0 Å². The molecule has 0 spiro atoms. The second-order valence-corrected chi connectivity index (χ2v) is 5.77. The SMILES string of the molecule is CN1CCCC1c1ccccc1C(=O)OC(=O)c1ccccc1. The van der Waals surface area contributed by atoms with Crippen molar-refractivity contribution in [3.8, 4) is 0 Å². The van der Waals surface area contributed by atoms with Crippen molar-refractivity contribution in [1.29, 1.82) is 0 Å². The number of carbonyl (C=O) groups is 2. The lowest BCUT2D eigenvalue weighted by atomic mass is 9.98. The number of hydrogen-bond acceptors (Lipinski definition) is 4. The van der Waals surface area contributed by atoms with E-state index in [0.717, 1.165) is 24.9 Å². The fourth-order valence-corrected chi connectivity index (χ4v) is 3.05. The molecule has 23 heavy (non-hydrogen) atoms. The molecule has 1 atom stereocenters. The van der Waals surface area contributed by atoms with Crippen LogP contribution in [0.5, 0.6) is 0 Å². The lowest BCUT2D eigenvalue weighted by Gasteiger charge is -2.21. The van der Waals surface area contributed by atoms with Crippen LogP contribution in [-0.2, 0) is 4.74 Å². The Hall–Kier alpha value is -2.46. The summed E-state index contributed by atoms with van der Waals surface area (Å²) in [5.74, 6) is -1.21. The van der Waals surface area contributed by atoms with Crippen LogP contribution in [-0.4, -0.2) is 30.4 Å². The molecular weight excluding hydrogens is 290 g/mol. The molecule has 1 unspecified atom stereocenters.